The summed E-state index contributed by atoms with van der Waals surface area (Å²) in [5, 5.41) is 13.4. The van der Waals surface area contributed by atoms with E-state index in [0.717, 1.165) is 29.7 Å². The number of ether oxygens (including phenoxy) is 1. The summed E-state index contributed by atoms with van der Waals surface area (Å²) in [5.74, 6) is 1.73. The Morgan fingerprint density at radius 2 is 1.62 bits per heavy atom. The van der Waals surface area contributed by atoms with Crippen LogP contribution in [0.25, 0.3) is 11.1 Å². The maximum absolute atomic E-state index is 10.2. The van der Waals surface area contributed by atoms with Gasteiger partial charge in [-0.05, 0) is 59.4 Å². The van der Waals surface area contributed by atoms with Gasteiger partial charge in [0.1, 0.15) is 11.5 Å². The zero-order chi connectivity index (χ0) is 18.9. The van der Waals surface area contributed by atoms with Crippen LogP contribution in [0.5, 0.6) is 11.5 Å². The quantitative estimate of drug-likeness (QED) is 0.348. The van der Waals surface area contributed by atoms with Crippen LogP contribution in [0.1, 0.15) is 43.4 Å². The molecule has 0 unspecified atom stereocenters. The summed E-state index contributed by atoms with van der Waals surface area (Å²) in [5.41, 5.74) is 5.88. The SMILES string of the molecule is CCC(=C(CC)c1ccc(O)c(CNCCCl)c1)c1ccc(OC)cc1. The number of phenols is 1. The summed E-state index contributed by atoms with van der Waals surface area (Å²) in [6, 6.07) is 14.1. The van der Waals surface area contributed by atoms with Crippen LogP contribution in [-0.2, 0) is 6.54 Å². The van der Waals surface area contributed by atoms with Gasteiger partial charge >= 0.3 is 0 Å². The molecule has 2 aromatic carbocycles. The predicted molar refractivity (Wildman–Crippen MR) is 111 cm³/mol. The first-order valence-corrected chi connectivity index (χ1v) is 9.63. The Bertz CT molecular complexity index is 738. The van der Waals surface area contributed by atoms with Crippen molar-refractivity contribution in [1.82, 2.24) is 5.32 Å². The number of hydrogen-bond acceptors (Lipinski definition) is 3. The highest BCUT2D eigenvalue weighted by Gasteiger charge is 2.11. The van der Waals surface area contributed by atoms with Crippen molar-refractivity contribution in [2.75, 3.05) is 19.5 Å². The number of methoxy groups -OCH3 is 1. The lowest BCUT2D eigenvalue weighted by Gasteiger charge is -2.16. The number of phenolic OH excluding ortho intramolecular Hbond substituents is 1. The molecule has 0 aromatic heterocycles. The van der Waals surface area contributed by atoms with Gasteiger partial charge in [0.15, 0.2) is 0 Å². The van der Waals surface area contributed by atoms with Crippen LogP contribution in [-0.4, -0.2) is 24.6 Å². The molecule has 0 aliphatic carbocycles. The zero-order valence-corrected chi connectivity index (χ0v) is 16.6. The van der Waals surface area contributed by atoms with E-state index in [1.165, 1.54) is 16.7 Å². The van der Waals surface area contributed by atoms with Gasteiger partial charge in [-0.15, -0.1) is 11.6 Å². The van der Waals surface area contributed by atoms with E-state index in [-0.39, 0.29) is 0 Å². The molecule has 0 heterocycles. The average Bonchev–Trinajstić information content (AvgIpc) is 2.68. The average molecular weight is 374 g/mol. The molecule has 2 rings (SSSR count). The summed E-state index contributed by atoms with van der Waals surface area (Å²) in [6.07, 6.45) is 1.87. The summed E-state index contributed by atoms with van der Waals surface area (Å²) in [7, 11) is 1.68. The molecule has 3 nitrogen and oxygen atoms in total. The zero-order valence-electron chi connectivity index (χ0n) is 15.8. The fourth-order valence-electron chi connectivity index (χ4n) is 3.18. The number of benzene rings is 2. The van der Waals surface area contributed by atoms with E-state index in [0.29, 0.717) is 24.7 Å². The molecule has 0 aliphatic rings. The Hall–Kier alpha value is -1.97. The summed E-state index contributed by atoms with van der Waals surface area (Å²) >= 11 is 5.72. The summed E-state index contributed by atoms with van der Waals surface area (Å²) < 4.78 is 5.27. The first kappa shape index (κ1) is 20.3. The minimum Gasteiger partial charge on any atom is -0.508 e. The van der Waals surface area contributed by atoms with Crippen LogP contribution in [0, 0.1) is 0 Å². The fraction of sp³-hybridized carbons (Fsp3) is 0.364. The molecule has 0 fully saturated rings. The highest BCUT2D eigenvalue weighted by Crippen LogP contribution is 2.33. The second kappa shape index (κ2) is 10.2. The van der Waals surface area contributed by atoms with Crippen LogP contribution < -0.4 is 10.1 Å². The molecule has 140 valence electrons. The third kappa shape index (κ3) is 5.03. The van der Waals surface area contributed by atoms with Crippen molar-refractivity contribution in [3.63, 3.8) is 0 Å². The Morgan fingerprint density at radius 3 is 2.19 bits per heavy atom. The molecule has 0 radical (unpaired) electrons. The topological polar surface area (TPSA) is 41.5 Å². The summed E-state index contributed by atoms with van der Waals surface area (Å²) in [6.45, 7) is 5.67. The van der Waals surface area contributed by atoms with E-state index in [2.05, 4.69) is 37.4 Å². The number of halogens is 1. The molecule has 4 heteroatoms. The van der Waals surface area contributed by atoms with Gasteiger partial charge in [-0.1, -0.05) is 32.0 Å². The van der Waals surface area contributed by atoms with Crippen molar-refractivity contribution in [3.8, 4) is 11.5 Å². The lowest BCUT2D eigenvalue weighted by atomic mass is 9.90. The normalized spacial score (nSPS) is 12.0. The molecule has 0 saturated carbocycles. The summed E-state index contributed by atoms with van der Waals surface area (Å²) in [4.78, 5) is 0. The molecule has 26 heavy (non-hydrogen) atoms. The molecule has 0 atom stereocenters. The van der Waals surface area contributed by atoms with E-state index in [1.54, 1.807) is 13.2 Å². The first-order chi connectivity index (χ1) is 12.6. The largest absolute Gasteiger partial charge is 0.508 e. The molecular weight excluding hydrogens is 346 g/mol. The van der Waals surface area contributed by atoms with E-state index in [1.807, 2.05) is 18.2 Å². The lowest BCUT2D eigenvalue weighted by molar-refractivity contribution is 0.415. The molecule has 0 bridgehead atoms. The van der Waals surface area contributed by atoms with Crippen molar-refractivity contribution < 1.29 is 9.84 Å². The molecule has 0 saturated heterocycles. The van der Waals surface area contributed by atoms with Crippen molar-refractivity contribution in [3.05, 3.63) is 59.2 Å². The number of rotatable bonds is 9. The monoisotopic (exact) mass is 373 g/mol. The van der Waals surface area contributed by atoms with Crippen molar-refractivity contribution in [2.45, 2.75) is 33.2 Å². The second-order valence-corrected chi connectivity index (χ2v) is 6.48. The van der Waals surface area contributed by atoms with E-state index < -0.39 is 0 Å². The highest BCUT2D eigenvalue weighted by atomic mass is 35.5. The Morgan fingerprint density at radius 1 is 1.00 bits per heavy atom. The van der Waals surface area contributed by atoms with Gasteiger partial charge in [0.2, 0.25) is 0 Å². The van der Waals surface area contributed by atoms with Gasteiger partial charge in [0, 0.05) is 24.5 Å². The van der Waals surface area contributed by atoms with Gasteiger partial charge in [0.25, 0.3) is 0 Å². The number of alkyl halides is 1. The maximum Gasteiger partial charge on any atom is 0.120 e. The van der Waals surface area contributed by atoms with Crippen LogP contribution >= 0.6 is 11.6 Å². The molecule has 2 aromatic rings. The van der Waals surface area contributed by atoms with Gasteiger partial charge in [-0.3, -0.25) is 0 Å². The minimum absolute atomic E-state index is 0.314. The van der Waals surface area contributed by atoms with Crippen LogP contribution in [0.2, 0.25) is 0 Å². The number of aromatic hydroxyl groups is 1. The third-order valence-electron chi connectivity index (χ3n) is 4.52. The molecule has 0 spiro atoms. The predicted octanol–water partition coefficient (Wildman–Crippen LogP) is 5.46. The lowest BCUT2D eigenvalue weighted by Crippen LogP contribution is -2.15. The van der Waals surface area contributed by atoms with Crippen molar-refractivity contribution >= 4 is 22.7 Å². The fourth-order valence-corrected chi connectivity index (χ4v) is 3.31. The Kier molecular flexibility index (Phi) is 8.02. The van der Waals surface area contributed by atoms with Gasteiger partial charge in [0.05, 0.1) is 7.11 Å². The Labute approximate surface area is 161 Å². The highest BCUT2D eigenvalue weighted by molar-refractivity contribution is 6.18. The third-order valence-corrected chi connectivity index (χ3v) is 4.71. The van der Waals surface area contributed by atoms with E-state index in [9.17, 15) is 5.11 Å². The van der Waals surface area contributed by atoms with Crippen LogP contribution in [0.4, 0.5) is 0 Å². The molecule has 0 aliphatic heterocycles. The van der Waals surface area contributed by atoms with Gasteiger partial charge in [-0.25, -0.2) is 0 Å². The smallest absolute Gasteiger partial charge is 0.120 e. The minimum atomic E-state index is 0.314. The molecule has 2 N–H and O–H groups in total. The van der Waals surface area contributed by atoms with Gasteiger partial charge < -0.3 is 15.2 Å². The number of nitrogens with one attached hydrogen (secondary N) is 1. The van der Waals surface area contributed by atoms with E-state index in [4.69, 9.17) is 16.3 Å². The molecular formula is C22H28ClNO2. The molecule has 0 amide bonds. The van der Waals surface area contributed by atoms with Crippen molar-refractivity contribution in [2.24, 2.45) is 0 Å². The van der Waals surface area contributed by atoms with Crippen molar-refractivity contribution in [1.29, 1.82) is 0 Å². The van der Waals surface area contributed by atoms with Gasteiger partial charge in [-0.2, -0.15) is 0 Å². The second-order valence-electron chi connectivity index (χ2n) is 6.10. The Balaban J connectivity index is 2.42. The number of hydrogen-bond donors (Lipinski definition) is 2. The number of allylic oxidation sites excluding steroid dienone is 2. The van der Waals surface area contributed by atoms with E-state index >= 15 is 0 Å². The van der Waals surface area contributed by atoms with Crippen LogP contribution in [0.15, 0.2) is 42.5 Å². The van der Waals surface area contributed by atoms with Crippen LogP contribution in [0.3, 0.4) is 0 Å². The maximum atomic E-state index is 10.2. The standard InChI is InChI=1S/C22H28ClNO2/c1-4-20(16-6-9-19(26-3)10-7-16)21(5-2)17-8-11-22(25)18(14-17)15-24-13-12-23/h6-11,14,24-25H,4-5,12-13,15H2,1-3H3. The first-order valence-electron chi connectivity index (χ1n) is 9.09.